The molecule has 0 aliphatic rings. The first kappa shape index (κ1) is 11.9. The van der Waals surface area contributed by atoms with Crippen LogP contribution in [0.15, 0.2) is 73.4 Å². The lowest BCUT2D eigenvalue weighted by Gasteiger charge is -2.03. The topological polar surface area (TPSA) is 41.6 Å². The smallest absolute Gasteiger partial charge is 0.0460 e. The standard InChI is InChI=1S/C18H13N3/c1-2-15(11-20-7-1)14-3-4-18-16(10-14)17(12-21-18)13-5-8-19-9-6-13/h1-12,21H. The molecule has 4 rings (SSSR count). The Morgan fingerprint density at radius 2 is 1.67 bits per heavy atom. The number of hydrogen-bond donors (Lipinski definition) is 1. The van der Waals surface area contributed by atoms with Crippen LogP contribution in [-0.2, 0) is 0 Å². The largest absolute Gasteiger partial charge is 0.361 e. The molecule has 0 bridgehead atoms. The highest BCUT2D eigenvalue weighted by molar-refractivity contribution is 5.97. The summed E-state index contributed by atoms with van der Waals surface area (Å²) < 4.78 is 0. The summed E-state index contributed by atoms with van der Waals surface area (Å²) in [5, 5.41) is 1.21. The first-order valence-electron chi connectivity index (χ1n) is 6.84. The predicted octanol–water partition coefficient (Wildman–Crippen LogP) is 4.29. The average Bonchev–Trinajstić information content (AvgIpc) is 2.99. The van der Waals surface area contributed by atoms with E-state index >= 15 is 0 Å². The Balaban J connectivity index is 1.91. The van der Waals surface area contributed by atoms with Gasteiger partial charge in [-0.2, -0.15) is 0 Å². The molecule has 21 heavy (non-hydrogen) atoms. The van der Waals surface area contributed by atoms with Crippen molar-refractivity contribution < 1.29 is 0 Å². The molecular formula is C18H13N3. The molecule has 0 saturated heterocycles. The van der Waals surface area contributed by atoms with Gasteiger partial charge in [-0.15, -0.1) is 0 Å². The molecule has 3 heteroatoms. The number of benzene rings is 1. The summed E-state index contributed by atoms with van der Waals surface area (Å²) in [4.78, 5) is 11.6. The van der Waals surface area contributed by atoms with Crippen LogP contribution >= 0.6 is 0 Å². The van der Waals surface area contributed by atoms with Crippen LogP contribution in [0.3, 0.4) is 0 Å². The fourth-order valence-electron chi connectivity index (χ4n) is 2.60. The minimum absolute atomic E-state index is 1.13. The first-order chi connectivity index (χ1) is 10.4. The van der Waals surface area contributed by atoms with Crippen molar-refractivity contribution in [1.82, 2.24) is 15.0 Å². The second-order valence-corrected chi connectivity index (χ2v) is 4.94. The van der Waals surface area contributed by atoms with E-state index in [2.05, 4.69) is 39.2 Å². The van der Waals surface area contributed by atoms with Crippen LogP contribution in [0.5, 0.6) is 0 Å². The maximum Gasteiger partial charge on any atom is 0.0460 e. The van der Waals surface area contributed by atoms with Crippen molar-refractivity contribution in [2.45, 2.75) is 0 Å². The number of nitrogens with one attached hydrogen (secondary N) is 1. The molecule has 0 atom stereocenters. The van der Waals surface area contributed by atoms with Crippen LogP contribution in [-0.4, -0.2) is 15.0 Å². The third-order valence-corrected chi connectivity index (χ3v) is 3.67. The predicted molar refractivity (Wildman–Crippen MR) is 84.8 cm³/mol. The Kier molecular flexibility index (Phi) is 2.75. The van der Waals surface area contributed by atoms with Crippen molar-refractivity contribution in [3.8, 4) is 22.3 Å². The fourth-order valence-corrected chi connectivity index (χ4v) is 2.60. The molecule has 100 valence electrons. The highest BCUT2D eigenvalue weighted by Gasteiger charge is 2.07. The van der Waals surface area contributed by atoms with Crippen LogP contribution in [0.4, 0.5) is 0 Å². The number of nitrogens with zero attached hydrogens (tertiary/aromatic N) is 2. The number of H-pyrrole nitrogens is 1. The summed E-state index contributed by atoms with van der Waals surface area (Å²) in [7, 11) is 0. The highest BCUT2D eigenvalue weighted by atomic mass is 14.7. The molecular weight excluding hydrogens is 258 g/mol. The van der Waals surface area contributed by atoms with E-state index in [0.29, 0.717) is 0 Å². The SMILES string of the molecule is c1cncc(-c2ccc3[nH]cc(-c4ccncc4)c3c2)c1. The fraction of sp³-hybridized carbons (Fsp3) is 0. The third kappa shape index (κ3) is 2.09. The van der Waals surface area contributed by atoms with Crippen LogP contribution in [0.2, 0.25) is 0 Å². The number of pyridine rings is 2. The minimum Gasteiger partial charge on any atom is -0.361 e. The summed E-state index contributed by atoms with van der Waals surface area (Å²) >= 11 is 0. The van der Waals surface area contributed by atoms with E-state index in [1.807, 2.05) is 43.0 Å². The Morgan fingerprint density at radius 1 is 0.762 bits per heavy atom. The van der Waals surface area contributed by atoms with Gasteiger partial charge in [-0.05, 0) is 41.5 Å². The molecule has 0 amide bonds. The van der Waals surface area contributed by atoms with E-state index < -0.39 is 0 Å². The number of rotatable bonds is 2. The van der Waals surface area contributed by atoms with Crippen molar-refractivity contribution in [1.29, 1.82) is 0 Å². The van der Waals surface area contributed by atoms with Gasteiger partial charge in [0.1, 0.15) is 0 Å². The summed E-state index contributed by atoms with van der Waals surface area (Å²) in [6, 6.07) is 14.5. The highest BCUT2D eigenvalue weighted by Crippen LogP contribution is 2.31. The third-order valence-electron chi connectivity index (χ3n) is 3.67. The molecule has 1 N–H and O–H groups in total. The summed E-state index contributed by atoms with van der Waals surface area (Å²) in [5.74, 6) is 0. The van der Waals surface area contributed by atoms with E-state index in [4.69, 9.17) is 0 Å². The van der Waals surface area contributed by atoms with E-state index in [1.54, 1.807) is 6.20 Å². The van der Waals surface area contributed by atoms with Crippen LogP contribution in [0, 0.1) is 0 Å². The molecule has 1 aromatic carbocycles. The molecule has 4 aromatic rings. The zero-order valence-corrected chi connectivity index (χ0v) is 11.3. The Hall–Kier alpha value is -2.94. The van der Waals surface area contributed by atoms with Gasteiger partial charge in [-0.3, -0.25) is 9.97 Å². The van der Waals surface area contributed by atoms with Gasteiger partial charge in [0, 0.05) is 53.0 Å². The van der Waals surface area contributed by atoms with Crippen molar-refractivity contribution in [3.63, 3.8) is 0 Å². The minimum atomic E-state index is 1.13. The lowest BCUT2D eigenvalue weighted by atomic mass is 10.0. The summed E-state index contributed by atoms with van der Waals surface area (Å²) in [6.45, 7) is 0. The van der Waals surface area contributed by atoms with Crippen molar-refractivity contribution in [3.05, 3.63) is 73.4 Å². The van der Waals surface area contributed by atoms with Gasteiger partial charge >= 0.3 is 0 Å². The summed E-state index contributed by atoms with van der Waals surface area (Å²) in [5.41, 5.74) is 5.79. The molecule has 0 radical (unpaired) electrons. The van der Waals surface area contributed by atoms with Crippen molar-refractivity contribution >= 4 is 10.9 Å². The molecule has 3 heterocycles. The second-order valence-electron chi connectivity index (χ2n) is 4.94. The van der Waals surface area contributed by atoms with Crippen LogP contribution < -0.4 is 0 Å². The molecule has 0 aliphatic heterocycles. The van der Waals surface area contributed by atoms with E-state index in [-0.39, 0.29) is 0 Å². The number of fused-ring (bicyclic) bond motifs is 1. The molecule has 3 aromatic heterocycles. The zero-order chi connectivity index (χ0) is 14.1. The normalized spacial score (nSPS) is 10.9. The Morgan fingerprint density at radius 3 is 2.48 bits per heavy atom. The van der Waals surface area contributed by atoms with Gasteiger partial charge < -0.3 is 4.98 Å². The quantitative estimate of drug-likeness (QED) is 0.591. The van der Waals surface area contributed by atoms with Crippen molar-refractivity contribution in [2.75, 3.05) is 0 Å². The molecule has 0 spiro atoms. The average molecular weight is 271 g/mol. The van der Waals surface area contributed by atoms with Crippen LogP contribution in [0.1, 0.15) is 0 Å². The Bertz CT molecular complexity index is 880. The van der Waals surface area contributed by atoms with Gasteiger partial charge in [0.15, 0.2) is 0 Å². The van der Waals surface area contributed by atoms with Gasteiger partial charge in [0.05, 0.1) is 0 Å². The van der Waals surface area contributed by atoms with E-state index in [9.17, 15) is 0 Å². The number of aromatic nitrogens is 3. The lowest BCUT2D eigenvalue weighted by Crippen LogP contribution is -1.80. The van der Waals surface area contributed by atoms with E-state index in [0.717, 1.165) is 11.1 Å². The number of hydrogen-bond acceptors (Lipinski definition) is 2. The van der Waals surface area contributed by atoms with Gasteiger partial charge in [0.25, 0.3) is 0 Å². The maximum absolute atomic E-state index is 4.19. The van der Waals surface area contributed by atoms with E-state index in [1.165, 1.54) is 22.1 Å². The molecule has 0 unspecified atom stereocenters. The molecule has 0 saturated carbocycles. The lowest BCUT2D eigenvalue weighted by molar-refractivity contribution is 1.33. The van der Waals surface area contributed by atoms with Crippen molar-refractivity contribution in [2.24, 2.45) is 0 Å². The van der Waals surface area contributed by atoms with Gasteiger partial charge in [-0.25, -0.2) is 0 Å². The van der Waals surface area contributed by atoms with Crippen LogP contribution in [0.25, 0.3) is 33.2 Å². The van der Waals surface area contributed by atoms with Gasteiger partial charge in [0.2, 0.25) is 0 Å². The maximum atomic E-state index is 4.19. The monoisotopic (exact) mass is 271 g/mol. The zero-order valence-electron chi connectivity index (χ0n) is 11.3. The first-order valence-corrected chi connectivity index (χ1v) is 6.84. The molecule has 0 aliphatic carbocycles. The number of aromatic amines is 1. The van der Waals surface area contributed by atoms with Gasteiger partial charge in [-0.1, -0.05) is 12.1 Å². The molecule has 0 fully saturated rings. The summed E-state index contributed by atoms with van der Waals surface area (Å²) in [6.07, 6.45) is 9.37. The molecule has 3 nitrogen and oxygen atoms in total. The second kappa shape index (κ2) is 4.87. The Labute approximate surface area is 122 Å².